The Morgan fingerprint density at radius 2 is 1.20 bits per heavy atom. The van der Waals surface area contributed by atoms with Crippen LogP contribution in [-0.4, -0.2) is 41.6 Å². The highest BCUT2D eigenvalue weighted by Gasteiger charge is 2.16. The van der Waals surface area contributed by atoms with Crippen molar-refractivity contribution < 1.29 is 14.1 Å². The first-order valence-corrected chi connectivity index (χ1v) is 13.1. The van der Waals surface area contributed by atoms with Gasteiger partial charge in [-0.05, 0) is 47.5 Å². The number of aromatic nitrogens is 2. The number of benzene rings is 4. The van der Waals surface area contributed by atoms with Crippen LogP contribution in [0.2, 0.25) is 0 Å². The van der Waals surface area contributed by atoms with Crippen molar-refractivity contribution in [1.29, 1.82) is 0 Å². The molecule has 2 amide bonds. The molecule has 0 saturated heterocycles. The third-order valence-corrected chi connectivity index (χ3v) is 6.31. The van der Waals surface area contributed by atoms with E-state index in [4.69, 9.17) is 4.52 Å². The molecule has 0 aliphatic heterocycles. The van der Waals surface area contributed by atoms with Crippen molar-refractivity contribution in [2.24, 2.45) is 0 Å². The molecule has 0 unspecified atom stereocenters. The third kappa shape index (κ3) is 6.79. The van der Waals surface area contributed by atoms with Crippen LogP contribution in [0.3, 0.4) is 0 Å². The van der Waals surface area contributed by atoms with Gasteiger partial charge in [-0.25, -0.2) is 0 Å². The Balaban J connectivity index is 1.09. The van der Waals surface area contributed by atoms with E-state index in [9.17, 15) is 9.59 Å². The molecule has 0 bridgehead atoms. The molecule has 0 saturated carbocycles. The van der Waals surface area contributed by atoms with Crippen LogP contribution in [0.25, 0.3) is 11.1 Å². The van der Waals surface area contributed by atoms with Gasteiger partial charge in [-0.2, -0.15) is 4.98 Å². The van der Waals surface area contributed by atoms with Gasteiger partial charge in [0.05, 0.1) is 0 Å². The number of para-hydroxylation sites is 2. The number of anilines is 2. The Bertz CT molecular complexity index is 1480. The molecule has 0 radical (unpaired) electrons. The van der Waals surface area contributed by atoms with Crippen molar-refractivity contribution >= 4 is 23.2 Å². The van der Waals surface area contributed by atoms with Crippen molar-refractivity contribution in [1.82, 2.24) is 20.8 Å². The summed E-state index contributed by atoms with van der Waals surface area (Å²) >= 11 is 0. The molecule has 8 heteroatoms. The number of nitrogens with one attached hydrogen (secondary N) is 2. The van der Waals surface area contributed by atoms with Gasteiger partial charge in [0.2, 0.25) is 0 Å². The molecule has 200 valence electrons. The van der Waals surface area contributed by atoms with Gasteiger partial charge in [0.1, 0.15) is 0 Å². The minimum Gasteiger partial charge on any atom is -0.352 e. The normalized spacial score (nSPS) is 10.6. The summed E-state index contributed by atoms with van der Waals surface area (Å²) in [5, 5.41) is 9.59. The zero-order chi connectivity index (χ0) is 27.6. The van der Waals surface area contributed by atoms with Crippen LogP contribution in [0, 0.1) is 0 Å². The monoisotopic (exact) mass is 531 g/mol. The predicted octanol–water partition coefficient (Wildman–Crippen LogP) is 5.28. The fourth-order valence-corrected chi connectivity index (χ4v) is 4.26. The van der Waals surface area contributed by atoms with E-state index in [2.05, 4.69) is 25.7 Å². The first kappa shape index (κ1) is 26.4. The van der Waals surface area contributed by atoms with Gasteiger partial charge in [-0.3, -0.25) is 9.59 Å². The minimum atomic E-state index is -0.442. The van der Waals surface area contributed by atoms with E-state index in [0.717, 1.165) is 22.5 Å². The Morgan fingerprint density at radius 3 is 1.82 bits per heavy atom. The van der Waals surface area contributed by atoms with Gasteiger partial charge >= 0.3 is 11.8 Å². The van der Waals surface area contributed by atoms with Crippen LogP contribution < -0.4 is 15.5 Å². The van der Waals surface area contributed by atoms with Gasteiger partial charge in [-0.15, -0.1) is 0 Å². The van der Waals surface area contributed by atoms with Gasteiger partial charge in [0.15, 0.2) is 5.82 Å². The minimum absolute atomic E-state index is 0.108. The van der Waals surface area contributed by atoms with Crippen LogP contribution in [0.15, 0.2) is 120 Å². The zero-order valence-corrected chi connectivity index (χ0v) is 21.9. The largest absolute Gasteiger partial charge is 0.352 e. The molecule has 0 spiro atoms. The Kier molecular flexibility index (Phi) is 8.58. The zero-order valence-electron chi connectivity index (χ0n) is 21.9. The number of amides is 2. The second-order valence-electron chi connectivity index (χ2n) is 9.04. The quantitative estimate of drug-likeness (QED) is 0.241. The van der Waals surface area contributed by atoms with Crippen molar-refractivity contribution in [3.63, 3.8) is 0 Å². The molecule has 8 nitrogen and oxygen atoms in total. The number of carbonyl (C=O) groups is 2. The number of nitrogens with zero attached hydrogens (tertiary/aromatic N) is 3. The topological polar surface area (TPSA) is 100 Å². The molecule has 0 atom stereocenters. The summed E-state index contributed by atoms with van der Waals surface area (Å²) in [6.45, 7) is 1.24. The Hall–Kier alpha value is -5.24. The van der Waals surface area contributed by atoms with E-state index in [1.54, 1.807) is 12.1 Å². The molecule has 2 N–H and O–H groups in total. The second-order valence-corrected chi connectivity index (χ2v) is 9.04. The molecule has 5 rings (SSSR count). The second kappa shape index (κ2) is 13.0. The number of hydrogen-bond donors (Lipinski definition) is 2. The van der Waals surface area contributed by atoms with Crippen LogP contribution >= 0.6 is 0 Å². The van der Waals surface area contributed by atoms with Crippen LogP contribution in [-0.2, 0) is 6.42 Å². The fourth-order valence-electron chi connectivity index (χ4n) is 4.26. The lowest BCUT2D eigenvalue weighted by molar-refractivity contribution is 0.0910. The van der Waals surface area contributed by atoms with Gasteiger partial charge in [0, 0.05) is 43.0 Å². The Morgan fingerprint density at radius 1 is 0.650 bits per heavy atom. The molecule has 4 aromatic carbocycles. The van der Waals surface area contributed by atoms with Crippen molar-refractivity contribution in [2.75, 3.05) is 24.5 Å². The summed E-state index contributed by atoms with van der Waals surface area (Å²) in [5.74, 6) is -0.395. The maximum Gasteiger partial charge on any atom is 0.315 e. The highest BCUT2D eigenvalue weighted by molar-refractivity contribution is 5.94. The molecule has 5 aromatic rings. The summed E-state index contributed by atoms with van der Waals surface area (Å²) in [5.41, 5.74) is 4.75. The summed E-state index contributed by atoms with van der Waals surface area (Å²) < 4.78 is 5.15. The lowest BCUT2D eigenvalue weighted by Gasteiger charge is -2.25. The SMILES string of the molecule is O=C(NCCc1noc(C(=O)NCCN(c2ccccc2)c2ccccc2)n1)c1ccc(-c2ccccc2)cc1. The maximum absolute atomic E-state index is 12.6. The fraction of sp³-hybridized carbons (Fsp3) is 0.125. The van der Waals surface area contributed by atoms with Crippen LogP contribution in [0.1, 0.15) is 26.9 Å². The van der Waals surface area contributed by atoms with E-state index in [1.807, 2.05) is 103 Å². The lowest BCUT2D eigenvalue weighted by atomic mass is 10.0. The van der Waals surface area contributed by atoms with E-state index in [-0.39, 0.29) is 11.8 Å². The average molecular weight is 532 g/mol. The van der Waals surface area contributed by atoms with Crippen molar-refractivity contribution in [3.8, 4) is 11.1 Å². The van der Waals surface area contributed by atoms with E-state index in [0.29, 0.717) is 37.4 Å². The van der Waals surface area contributed by atoms with E-state index < -0.39 is 5.91 Å². The first-order valence-electron chi connectivity index (χ1n) is 13.1. The summed E-state index contributed by atoms with van der Waals surface area (Å²) in [6, 6.07) is 37.4. The smallest absolute Gasteiger partial charge is 0.315 e. The van der Waals surface area contributed by atoms with Crippen LogP contribution in [0.4, 0.5) is 11.4 Å². The van der Waals surface area contributed by atoms with Crippen molar-refractivity contribution in [3.05, 3.63) is 133 Å². The average Bonchev–Trinajstić information content (AvgIpc) is 3.50. The maximum atomic E-state index is 12.6. The number of hydrogen-bond acceptors (Lipinski definition) is 6. The molecule has 1 heterocycles. The summed E-state index contributed by atoms with van der Waals surface area (Å²) in [6.07, 6.45) is 0.334. The molecular weight excluding hydrogens is 502 g/mol. The molecule has 0 aliphatic carbocycles. The molecule has 0 fully saturated rings. The van der Waals surface area contributed by atoms with Gasteiger partial charge < -0.3 is 20.1 Å². The highest BCUT2D eigenvalue weighted by Crippen LogP contribution is 2.24. The molecule has 40 heavy (non-hydrogen) atoms. The first-order chi connectivity index (χ1) is 19.7. The molecule has 1 aromatic heterocycles. The summed E-state index contributed by atoms with van der Waals surface area (Å²) in [7, 11) is 0. The lowest BCUT2D eigenvalue weighted by Crippen LogP contribution is -2.33. The Labute approximate surface area is 232 Å². The standard InChI is InChI=1S/C32H29N5O3/c38-30(26-18-16-25(17-19-26)24-10-4-1-5-11-24)33-21-20-29-35-32(40-36-29)31(39)34-22-23-37(27-12-6-2-7-13-27)28-14-8-3-9-15-28/h1-19H,20-23H2,(H,33,38)(H,34,39). The summed E-state index contributed by atoms with van der Waals surface area (Å²) in [4.78, 5) is 31.5. The predicted molar refractivity (Wildman–Crippen MR) is 154 cm³/mol. The van der Waals surface area contributed by atoms with Gasteiger partial charge in [-0.1, -0.05) is 84.0 Å². The van der Waals surface area contributed by atoms with E-state index >= 15 is 0 Å². The highest BCUT2D eigenvalue weighted by atomic mass is 16.5. The van der Waals surface area contributed by atoms with Gasteiger partial charge in [0.25, 0.3) is 5.91 Å². The van der Waals surface area contributed by atoms with E-state index in [1.165, 1.54) is 0 Å². The molecule has 0 aliphatic rings. The number of rotatable bonds is 11. The van der Waals surface area contributed by atoms with Crippen LogP contribution in [0.5, 0.6) is 0 Å². The van der Waals surface area contributed by atoms with Crippen molar-refractivity contribution in [2.45, 2.75) is 6.42 Å². The third-order valence-electron chi connectivity index (χ3n) is 6.31. The number of carbonyl (C=O) groups excluding carboxylic acids is 2. The molecular formula is C32H29N5O3.